The molecule has 0 atom stereocenters. The van der Waals surface area contributed by atoms with Crippen molar-refractivity contribution in [2.45, 2.75) is 51.0 Å². The third kappa shape index (κ3) is 3.01. The van der Waals surface area contributed by atoms with E-state index in [-0.39, 0.29) is 11.0 Å². The van der Waals surface area contributed by atoms with Crippen LogP contribution in [0, 0.1) is 0 Å². The zero-order chi connectivity index (χ0) is 13.4. The van der Waals surface area contributed by atoms with Crippen molar-refractivity contribution in [2.24, 2.45) is 0 Å². The van der Waals surface area contributed by atoms with E-state index >= 15 is 0 Å². The van der Waals surface area contributed by atoms with Gasteiger partial charge < -0.3 is 5.32 Å². The van der Waals surface area contributed by atoms with Crippen LogP contribution in [-0.2, 0) is 5.41 Å². The Morgan fingerprint density at radius 1 is 1.17 bits per heavy atom. The van der Waals surface area contributed by atoms with Crippen molar-refractivity contribution in [1.29, 1.82) is 0 Å². The lowest BCUT2D eigenvalue weighted by Gasteiger charge is -2.44. The summed E-state index contributed by atoms with van der Waals surface area (Å²) in [4.78, 5) is 0. The van der Waals surface area contributed by atoms with Crippen molar-refractivity contribution in [2.75, 3.05) is 6.54 Å². The quantitative estimate of drug-likeness (QED) is 0.841. The molecule has 3 heteroatoms. The second-order valence-electron chi connectivity index (χ2n) is 6.37. The smallest absolute Gasteiger partial charge is 0.0595 e. The van der Waals surface area contributed by atoms with Gasteiger partial charge in [-0.2, -0.15) is 0 Å². The van der Waals surface area contributed by atoms with E-state index in [0.717, 1.165) is 6.54 Å². The van der Waals surface area contributed by atoms with Gasteiger partial charge in [-0.05, 0) is 51.3 Å². The molecule has 0 unspecified atom stereocenters. The predicted octanol–water partition coefficient (Wildman–Crippen LogP) is 4.80. The minimum Gasteiger partial charge on any atom is -0.311 e. The lowest BCUT2D eigenvalue weighted by Crippen LogP contribution is -2.49. The first-order valence-corrected chi connectivity index (χ1v) is 7.29. The maximum absolute atomic E-state index is 6.14. The minimum absolute atomic E-state index is 0.152. The van der Waals surface area contributed by atoms with Gasteiger partial charge in [0.15, 0.2) is 0 Å². The van der Waals surface area contributed by atoms with E-state index in [9.17, 15) is 0 Å². The van der Waals surface area contributed by atoms with Crippen molar-refractivity contribution in [3.05, 3.63) is 33.8 Å². The highest BCUT2D eigenvalue weighted by molar-refractivity contribution is 6.42. The van der Waals surface area contributed by atoms with Crippen LogP contribution in [0.1, 0.15) is 45.6 Å². The summed E-state index contributed by atoms with van der Waals surface area (Å²) < 4.78 is 0. The normalized spacial score (nSPS) is 18.5. The summed E-state index contributed by atoms with van der Waals surface area (Å²) in [7, 11) is 0. The molecule has 1 aromatic rings. The van der Waals surface area contributed by atoms with Crippen molar-refractivity contribution >= 4 is 23.2 Å². The van der Waals surface area contributed by atoms with E-state index in [4.69, 9.17) is 23.2 Å². The Kier molecular flexibility index (Phi) is 3.96. The molecule has 0 radical (unpaired) electrons. The van der Waals surface area contributed by atoms with Crippen LogP contribution in [0.2, 0.25) is 10.0 Å². The van der Waals surface area contributed by atoms with Gasteiger partial charge in [0.1, 0.15) is 0 Å². The van der Waals surface area contributed by atoms with E-state index in [0.29, 0.717) is 10.0 Å². The highest BCUT2D eigenvalue weighted by atomic mass is 35.5. The topological polar surface area (TPSA) is 12.0 Å². The van der Waals surface area contributed by atoms with Crippen LogP contribution in [0.5, 0.6) is 0 Å². The second kappa shape index (κ2) is 5.03. The fourth-order valence-electron chi connectivity index (χ4n) is 2.43. The number of hydrogen-bond acceptors (Lipinski definition) is 1. The Hall–Kier alpha value is -0.240. The van der Waals surface area contributed by atoms with Crippen LogP contribution < -0.4 is 5.32 Å². The van der Waals surface area contributed by atoms with Gasteiger partial charge >= 0.3 is 0 Å². The lowest BCUT2D eigenvalue weighted by molar-refractivity contribution is 0.213. The third-order valence-electron chi connectivity index (χ3n) is 3.80. The molecule has 0 amide bonds. The average Bonchev–Trinajstić information content (AvgIpc) is 2.20. The Morgan fingerprint density at radius 3 is 2.28 bits per heavy atom. The maximum Gasteiger partial charge on any atom is 0.0595 e. The van der Waals surface area contributed by atoms with E-state index in [1.54, 1.807) is 0 Å². The fourth-order valence-corrected chi connectivity index (χ4v) is 2.73. The summed E-state index contributed by atoms with van der Waals surface area (Å²) >= 11 is 12.1. The van der Waals surface area contributed by atoms with Gasteiger partial charge in [-0.15, -0.1) is 0 Å². The SMILES string of the molecule is CC(C)(C)NCC1(c2ccc(Cl)c(Cl)c2)CCC1. The zero-order valence-electron chi connectivity index (χ0n) is 11.3. The number of benzene rings is 1. The molecule has 0 aromatic heterocycles. The molecule has 1 saturated carbocycles. The van der Waals surface area contributed by atoms with Gasteiger partial charge in [-0.3, -0.25) is 0 Å². The molecular formula is C15H21Cl2N. The van der Waals surface area contributed by atoms with Crippen molar-refractivity contribution in [3.8, 4) is 0 Å². The standard InChI is InChI=1S/C15H21Cl2N/c1-14(2,3)18-10-15(7-4-8-15)11-5-6-12(16)13(17)9-11/h5-6,9,18H,4,7-8,10H2,1-3H3. The average molecular weight is 286 g/mol. The van der Waals surface area contributed by atoms with Crippen LogP contribution in [0.15, 0.2) is 18.2 Å². The van der Waals surface area contributed by atoms with Crippen LogP contribution in [-0.4, -0.2) is 12.1 Å². The van der Waals surface area contributed by atoms with Crippen molar-refractivity contribution in [3.63, 3.8) is 0 Å². The van der Waals surface area contributed by atoms with Crippen LogP contribution in [0.4, 0.5) is 0 Å². The number of nitrogens with one attached hydrogen (secondary N) is 1. The van der Waals surface area contributed by atoms with Gasteiger partial charge in [0.25, 0.3) is 0 Å². The predicted molar refractivity (Wildman–Crippen MR) is 79.7 cm³/mol. The molecular weight excluding hydrogens is 265 g/mol. The summed E-state index contributed by atoms with van der Waals surface area (Å²) in [5.41, 5.74) is 1.72. The van der Waals surface area contributed by atoms with Gasteiger partial charge in [-0.1, -0.05) is 35.7 Å². The summed E-state index contributed by atoms with van der Waals surface area (Å²) in [6.07, 6.45) is 3.76. The summed E-state index contributed by atoms with van der Waals surface area (Å²) in [6.45, 7) is 7.62. The maximum atomic E-state index is 6.14. The highest BCUT2D eigenvalue weighted by Gasteiger charge is 2.39. The Morgan fingerprint density at radius 2 is 1.83 bits per heavy atom. The Bertz CT molecular complexity index is 431. The highest BCUT2D eigenvalue weighted by Crippen LogP contribution is 2.44. The molecule has 1 aliphatic carbocycles. The largest absolute Gasteiger partial charge is 0.311 e. The molecule has 2 rings (SSSR count). The molecule has 1 N–H and O–H groups in total. The zero-order valence-corrected chi connectivity index (χ0v) is 12.8. The van der Waals surface area contributed by atoms with E-state index in [2.05, 4.69) is 32.2 Å². The molecule has 1 fully saturated rings. The van der Waals surface area contributed by atoms with E-state index in [1.807, 2.05) is 12.1 Å². The lowest BCUT2D eigenvalue weighted by atomic mass is 9.64. The molecule has 0 spiro atoms. The Balaban J connectivity index is 2.19. The number of hydrogen-bond donors (Lipinski definition) is 1. The van der Waals surface area contributed by atoms with Crippen LogP contribution >= 0.6 is 23.2 Å². The van der Waals surface area contributed by atoms with Gasteiger partial charge in [0.2, 0.25) is 0 Å². The van der Waals surface area contributed by atoms with Gasteiger partial charge in [0, 0.05) is 17.5 Å². The first kappa shape index (κ1) is 14.2. The molecule has 1 nitrogen and oxygen atoms in total. The van der Waals surface area contributed by atoms with E-state index < -0.39 is 0 Å². The Labute approximate surface area is 120 Å². The first-order chi connectivity index (χ1) is 8.32. The van der Waals surface area contributed by atoms with Crippen molar-refractivity contribution < 1.29 is 0 Å². The van der Waals surface area contributed by atoms with Gasteiger partial charge in [0.05, 0.1) is 10.0 Å². The van der Waals surface area contributed by atoms with Crippen molar-refractivity contribution in [1.82, 2.24) is 5.32 Å². The molecule has 100 valence electrons. The molecule has 0 aliphatic heterocycles. The fraction of sp³-hybridized carbons (Fsp3) is 0.600. The molecule has 1 aliphatic rings. The summed E-state index contributed by atoms with van der Waals surface area (Å²) in [5, 5.41) is 4.92. The summed E-state index contributed by atoms with van der Waals surface area (Å²) in [6, 6.07) is 6.07. The molecule has 0 heterocycles. The number of halogens is 2. The first-order valence-electron chi connectivity index (χ1n) is 6.53. The molecule has 1 aromatic carbocycles. The molecule has 0 saturated heterocycles. The molecule has 0 bridgehead atoms. The molecule has 18 heavy (non-hydrogen) atoms. The van der Waals surface area contributed by atoms with Crippen LogP contribution in [0.3, 0.4) is 0 Å². The third-order valence-corrected chi connectivity index (χ3v) is 4.54. The monoisotopic (exact) mass is 285 g/mol. The van der Waals surface area contributed by atoms with Gasteiger partial charge in [-0.25, -0.2) is 0 Å². The summed E-state index contributed by atoms with van der Waals surface area (Å²) in [5.74, 6) is 0. The van der Waals surface area contributed by atoms with E-state index in [1.165, 1.54) is 24.8 Å². The van der Waals surface area contributed by atoms with Crippen LogP contribution in [0.25, 0.3) is 0 Å². The second-order valence-corrected chi connectivity index (χ2v) is 7.18. The minimum atomic E-state index is 0.152. The number of rotatable bonds is 3.